The Bertz CT molecular complexity index is 933. The minimum absolute atomic E-state index is 0.136. The van der Waals surface area contributed by atoms with E-state index in [0.717, 1.165) is 35.6 Å². The third kappa shape index (κ3) is 3.86. The molecule has 1 aliphatic carbocycles. The first kappa shape index (κ1) is 20.3. The zero-order chi connectivity index (χ0) is 21.3. The fraction of sp³-hybridized carbons (Fsp3) is 0.417. The second-order valence-corrected chi connectivity index (χ2v) is 8.34. The van der Waals surface area contributed by atoms with Gasteiger partial charge in [0.2, 0.25) is 5.91 Å². The highest BCUT2D eigenvalue weighted by atomic mass is 16.4. The number of carbonyl (C=O) groups is 2. The summed E-state index contributed by atoms with van der Waals surface area (Å²) in [5, 5.41) is 12.5. The lowest BCUT2D eigenvalue weighted by atomic mass is 9.99. The zero-order valence-electron chi connectivity index (χ0n) is 17.6. The van der Waals surface area contributed by atoms with Crippen LogP contribution < -0.4 is 15.1 Å². The van der Waals surface area contributed by atoms with Crippen molar-refractivity contribution in [3.63, 3.8) is 0 Å². The Morgan fingerprint density at radius 1 is 0.967 bits per heavy atom. The Morgan fingerprint density at radius 2 is 1.60 bits per heavy atom. The molecule has 158 valence electrons. The number of aromatic carboxylic acids is 1. The summed E-state index contributed by atoms with van der Waals surface area (Å²) < 4.78 is 0. The van der Waals surface area contributed by atoms with Gasteiger partial charge in [-0.25, -0.2) is 4.79 Å². The molecule has 1 fully saturated rings. The second-order valence-electron chi connectivity index (χ2n) is 8.34. The molecule has 0 spiro atoms. The molecule has 0 radical (unpaired) electrons. The summed E-state index contributed by atoms with van der Waals surface area (Å²) in [6, 6.07) is 13.0. The average molecular weight is 408 g/mol. The van der Waals surface area contributed by atoms with Crippen molar-refractivity contribution in [3.8, 4) is 0 Å². The van der Waals surface area contributed by atoms with Crippen LogP contribution in [0, 0.1) is 0 Å². The molecular formula is C24H29N3O3. The van der Waals surface area contributed by atoms with Crippen LogP contribution in [0.3, 0.4) is 0 Å². The zero-order valence-corrected chi connectivity index (χ0v) is 17.6. The fourth-order valence-electron chi connectivity index (χ4n) is 4.73. The van der Waals surface area contributed by atoms with Gasteiger partial charge in [0.15, 0.2) is 0 Å². The topological polar surface area (TPSA) is 72.9 Å². The monoisotopic (exact) mass is 407 g/mol. The predicted octanol–water partition coefficient (Wildman–Crippen LogP) is 5.02. The first-order valence-corrected chi connectivity index (χ1v) is 10.8. The van der Waals surface area contributed by atoms with E-state index in [4.69, 9.17) is 5.11 Å². The molecule has 0 aromatic heterocycles. The standard InChI is InChI=1S/C24H29N3O3/c1-16-23(28)26(2)21-14-13-19(25-18-11-9-17(10-12-18)24(29)30)15-22(21)27(16)20-7-5-3-4-6-8-20/h9-16,20,25H,3-8H2,1-2H3,(H,29,30)/t16-/m1/s1. The van der Waals surface area contributed by atoms with Crippen molar-refractivity contribution >= 4 is 34.6 Å². The van der Waals surface area contributed by atoms with E-state index in [1.807, 2.05) is 26.1 Å². The first-order chi connectivity index (χ1) is 14.5. The van der Waals surface area contributed by atoms with Crippen molar-refractivity contribution in [2.24, 2.45) is 0 Å². The van der Waals surface area contributed by atoms with Gasteiger partial charge in [0.25, 0.3) is 0 Å². The SMILES string of the molecule is C[C@@H]1C(=O)N(C)c2ccc(Nc3ccc(C(=O)O)cc3)cc2N1C1CCCCCC1. The van der Waals surface area contributed by atoms with Crippen LogP contribution in [-0.4, -0.2) is 36.1 Å². The number of nitrogens with one attached hydrogen (secondary N) is 1. The molecule has 0 bridgehead atoms. The van der Waals surface area contributed by atoms with Gasteiger partial charge in [-0.1, -0.05) is 25.7 Å². The number of carboxylic acid groups (broad SMARTS) is 1. The van der Waals surface area contributed by atoms with Crippen LogP contribution in [0.5, 0.6) is 0 Å². The summed E-state index contributed by atoms with van der Waals surface area (Å²) in [4.78, 5) is 28.1. The summed E-state index contributed by atoms with van der Waals surface area (Å²) in [7, 11) is 1.85. The highest BCUT2D eigenvalue weighted by Gasteiger charge is 2.37. The van der Waals surface area contributed by atoms with Crippen molar-refractivity contribution in [1.29, 1.82) is 0 Å². The molecule has 1 saturated carbocycles. The Morgan fingerprint density at radius 3 is 2.23 bits per heavy atom. The molecule has 2 aliphatic rings. The van der Waals surface area contributed by atoms with Gasteiger partial charge in [-0.15, -0.1) is 0 Å². The van der Waals surface area contributed by atoms with Crippen molar-refractivity contribution in [1.82, 2.24) is 0 Å². The maximum atomic E-state index is 12.9. The van der Waals surface area contributed by atoms with Gasteiger partial charge in [-0.2, -0.15) is 0 Å². The lowest BCUT2D eigenvalue weighted by molar-refractivity contribution is -0.119. The maximum Gasteiger partial charge on any atom is 0.335 e. The molecule has 6 heteroatoms. The van der Waals surface area contributed by atoms with Gasteiger partial charge in [0.05, 0.1) is 16.9 Å². The number of hydrogen-bond donors (Lipinski definition) is 2. The van der Waals surface area contributed by atoms with E-state index in [2.05, 4.69) is 16.3 Å². The number of carbonyl (C=O) groups excluding carboxylic acids is 1. The molecule has 2 aromatic rings. The molecule has 1 heterocycles. The summed E-state index contributed by atoms with van der Waals surface area (Å²) in [6.07, 6.45) is 7.20. The third-order valence-electron chi connectivity index (χ3n) is 6.36. The van der Waals surface area contributed by atoms with Gasteiger partial charge in [-0.3, -0.25) is 4.79 Å². The van der Waals surface area contributed by atoms with Crippen LogP contribution in [-0.2, 0) is 4.79 Å². The molecule has 0 saturated heterocycles. The summed E-state index contributed by atoms with van der Waals surface area (Å²) in [6.45, 7) is 2.01. The molecule has 1 amide bonds. The molecule has 6 nitrogen and oxygen atoms in total. The van der Waals surface area contributed by atoms with Crippen LogP contribution >= 0.6 is 0 Å². The number of fused-ring (bicyclic) bond motifs is 1. The Hall–Kier alpha value is -3.02. The van der Waals surface area contributed by atoms with Crippen LogP contribution in [0.4, 0.5) is 22.7 Å². The number of nitrogens with zero attached hydrogens (tertiary/aromatic N) is 2. The van der Waals surface area contributed by atoms with Crippen LogP contribution in [0.15, 0.2) is 42.5 Å². The van der Waals surface area contributed by atoms with E-state index in [1.165, 1.54) is 25.7 Å². The largest absolute Gasteiger partial charge is 0.478 e. The lowest BCUT2D eigenvalue weighted by Gasteiger charge is -2.44. The summed E-state index contributed by atoms with van der Waals surface area (Å²) >= 11 is 0. The maximum absolute atomic E-state index is 12.9. The fourth-order valence-corrected chi connectivity index (χ4v) is 4.73. The quantitative estimate of drug-likeness (QED) is 0.696. The lowest BCUT2D eigenvalue weighted by Crippen LogP contribution is -2.54. The van der Waals surface area contributed by atoms with Gasteiger partial charge in [-0.05, 0) is 62.2 Å². The second kappa shape index (κ2) is 8.38. The summed E-state index contributed by atoms with van der Waals surface area (Å²) in [5.41, 5.74) is 4.04. The van der Waals surface area contributed by atoms with Gasteiger partial charge in [0.1, 0.15) is 6.04 Å². The number of anilines is 4. The molecule has 2 aromatic carbocycles. The molecule has 1 aliphatic heterocycles. The highest BCUT2D eigenvalue weighted by Crippen LogP contribution is 2.41. The molecule has 1 atom stereocenters. The van der Waals surface area contributed by atoms with Crippen LogP contribution in [0.2, 0.25) is 0 Å². The molecule has 30 heavy (non-hydrogen) atoms. The number of carboxylic acids is 1. The Labute approximate surface area is 177 Å². The van der Waals surface area contributed by atoms with Crippen LogP contribution in [0.25, 0.3) is 0 Å². The average Bonchev–Trinajstić information content (AvgIpc) is 3.02. The number of benzene rings is 2. The predicted molar refractivity (Wildman–Crippen MR) is 120 cm³/mol. The molecule has 2 N–H and O–H groups in total. The summed E-state index contributed by atoms with van der Waals surface area (Å²) in [5.74, 6) is -0.798. The van der Waals surface area contributed by atoms with Crippen molar-refractivity contribution in [3.05, 3.63) is 48.0 Å². The van der Waals surface area contributed by atoms with E-state index in [-0.39, 0.29) is 17.5 Å². The normalized spacial score (nSPS) is 19.9. The minimum atomic E-state index is -0.934. The van der Waals surface area contributed by atoms with Crippen molar-refractivity contribution < 1.29 is 14.7 Å². The van der Waals surface area contributed by atoms with E-state index in [9.17, 15) is 9.59 Å². The van der Waals surface area contributed by atoms with Crippen LogP contribution in [0.1, 0.15) is 55.8 Å². The van der Waals surface area contributed by atoms with Crippen molar-refractivity contribution in [2.45, 2.75) is 57.5 Å². The number of hydrogen-bond acceptors (Lipinski definition) is 4. The number of likely N-dealkylation sites (N-methyl/N-ethyl adjacent to an activating group) is 1. The minimum Gasteiger partial charge on any atom is -0.478 e. The van der Waals surface area contributed by atoms with Gasteiger partial charge < -0.3 is 20.2 Å². The van der Waals surface area contributed by atoms with E-state index < -0.39 is 5.97 Å². The third-order valence-corrected chi connectivity index (χ3v) is 6.36. The number of amides is 1. The smallest absolute Gasteiger partial charge is 0.335 e. The Kier molecular flexibility index (Phi) is 5.66. The highest BCUT2D eigenvalue weighted by molar-refractivity contribution is 6.05. The van der Waals surface area contributed by atoms with Crippen molar-refractivity contribution in [2.75, 3.05) is 22.2 Å². The van der Waals surface area contributed by atoms with E-state index in [1.54, 1.807) is 29.2 Å². The van der Waals surface area contributed by atoms with Gasteiger partial charge >= 0.3 is 5.97 Å². The Balaban J connectivity index is 1.66. The van der Waals surface area contributed by atoms with E-state index >= 15 is 0 Å². The van der Waals surface area contributed by atoms with Gasteiger partial charge in [0, 0.05) is 24.5 Å². The first-order valence-electron chi connectivity index (χ1n) is 10.8. The molecule has 0 unspecified atom stereocenters. The molecular weight excluding hydrogens is 378 g/mol. The number of rotatable bonds is 4. The molecule has 4 rings (SSSR count). The van der Waals surface area contributed by atoms with E-state index in [0.29, 0.717) is 6.04 Å².